The zero-order valence-electron chi connectivity index (χ0n) is 10.7. The van der Waals surface area contributed by atoms with Gasteiger partial charge in [-0.15, -0.1) is 0 Å². The molecule has 0 bridgehead atoms. The Bertz CT molecular complexity index is 391. The summed E-state index contributed by atoms with van der Waals surface area (Å²) in [6.45, 7) is 6.98. The first-order valence-electron chi connectivity index (χ1n) is 6.02. The highest BCUT2D eigenvalue weighted by Gasteiger charge is 2.15. The number of rotatable bonds is 6. The van der Waals surface area contributed by atoms with Crippen molar-refractivity contribution in [1.82, 2.24) is 5.32 Å². The predicted octanol–water partition coefficient (Wildman–Crippen LogP) is 2.83. The fraction of sp³-hybridized carbons (Fsp3) is 0.538. The van der Waals surface area contributed by atoms with Crippen LogP contribution in [-0.2, 0) is 6.42 Å². The number of benzene rings is 1. The summed E-state index contributed by atoms with van der Waals surface area (Å²) in [5.41, 5.74) is 1.96. The summed E-state index contributed by atoms with van der Waals surface area (Å²) < 4.78 is 0. The second-order valence-corrected chi connectivity index (χ2v) is 4.45. The molecule has 1 rings (SSSR count). The number of hydrogen-bond acceptors (Lipinski definition) is 3. The first kappa shape index (κ1) is 13.6. The Morgan fingerprint density at radius 3 is 2.76 bits per heavy atom. The molecule has 0 aromatic heterocycles. The van der Waals surface area contributed by atoms with E-state index in [2.05, 4.69) is 19.2 Å². The molecule has 1 atom stereocenters. The molecule has 1 N–H and O–H groups in total. The summed E-state index contributed by atoms with van der Waals surface area (Å²) in [7, 11) is 0. The van der Waals surface area contributed by atoms with Gasteiger partial charge in [0.1, 0.15) is 0 Å². The predicted molar refractivity (Wildman–Crippen MR) is 69.3 cm³/mol. The summed E-state index contributed by atoms with van der Waals surface area (Å²) in [6.07, 6.45) is 1.76. The second kappa shape index (κ2) is 6.35. The van der Waals surface area contributed by atoms with E-state index in [1.54, 1.807) is 6.07 Å². The molecule has 0 spiro atoms. The molecule has 94 valence electrons. The molecule has 0 fully saturated rings. The van der Waals surface area contributed by atoms with Crippen molar-refractivity contribution in [2.45, 2.75) is 39.7 Å². The van der Waals surface area contributed by atoms with Gasteiger partial charge in [-0.05, 0) is 38.8 Å². The van der Waals surface area contributed by atoms with Gasteiger partial charge in [-0.1, -0.05) is 19.1 Å². The van der Waals surface area contributed by atoms with Gasteiger partial charge in [-0.2, -0.15) is 0 Å². The van der Waals surface area contributed by atoms with Crippen LogP contribution in [0.1, 0.15) is 31.4 Å². The summed E-state index contributed by atoms with van der Waals surface area (Å²) >= 11 is 0. The highest BCUT2D eigenvalue weighted by atomic mass is 16.6. The lowest BCUT2D eigenvalue weighted by molar-refractivity contribution is -0.385. The average Bonchev–Trinajstić information content (AvgIpc) is 2.28. The maximum atomic E-state index is 11.0. The second-order valence-electron chi connectivity index (χ2n) is 4.45. The van der Waals surface area contributed by atoms with Crippen molar-refractivity contribution >= 4 is 5.69 Å². The fourth-order valence-electron chi connectivity index (χ4n) is 1.81. The van der Waals surface area contributed by atoms with Crippen molar-refractivity contribution in [3.63, 3.8) is 0 Å². The third-order valence-corrected chi connectivity index (χ3v) is 2.71. The lowest BCUT2D eigenvalue weighted by atomic mass is 10.0. The van der Waals surface area contributed by atoms with Gasteiger partial charge in [-0.25, -0.2) is 0 Å². The topological polar surface area (TPSA) is 55.2 Å². The van der Waals surface area contributed by atoms with Gasteiger partial charge in [0, 0.05) is 17.7 Å². The summed E-state index contributed by atoms with van der Waals surface area (Å²) in [5, 5.41) is 14.3. The molecule has 0 radical (unpaired) electrons. The SMILES string of the molecule is CCCNC(C)Cc1ccc(C)cc1[N+](=O)[O-]. The van der Waals surface area contributed by atoms with Crippen LogP contribution in [0.4, 0.5) is 5.69 Å². The van der Waals surface area contributed by atoms with Gasteiger partial charge in [0.2, 0.25) is 0 Å². The monoisotopic (exact) mass is 236 g/mol. The van der Waals surface area contributed by atoms with Crippen LogP contribution >= 0.6 is 0 Å². The Kier molecular flexibility index (Phi) is 5.10. The quantitative estimate of drug-likeness (QED) is 0.610. The minimum Gasteiger partial charge on any atom is -0.314 e. The van der Waals surface area contributed by atoms with Crippen molar-refractivity contribution in [3.8, 4) is 0 Å². The molecule has 1 aromatic carbocycles. The van der Waals surface area contributed by atoms with E-state index in [4.69, 9.17) is 0 Å². The van der Waals surface area contributed by atoms with Crippen molar-refractivity contribution in [2.24, 2.45) is 0 Å². The number of nitro groups is 1. The molecule has 0 aliphatic rings. The van der Waals surface area contributed by atoms with Crippen LogP contribution in [0.25, 0.3) is 0 Å². The average molecular weight is 236 g/mol. The number of nitro benzene ring substituents is 1. The number of nitrogens with zero attached hydrogens (tertiary/aromatic N) is 1. The summed E-state index contributed by atoms with van der Waals surface area (Å²) in [4.78, 5) is 10.7. The van der Waals surface area contributed by atoms with Crippen LogP contribution in [0, 0.1) is 17.0 Å². The molecule has 1 unspecified atom stereocenters. The number of aryl methyl sites for hydroxylation is 1. The van der Waals surface area contributed by atoms with E-state index in [0.717, 1.165) is 24.1 Å². The molecule has 1 aromatic rings. The van der Waals surface area contributed by atoms with Crippen LogP contribution in [0.2, 0.25) is 0 Å². The Morgan fingerprint density at radius 1 is 1.47 bits per heavy atom. The standard InChI is InChI=1S/C13H20N2O2/c1-4-7-14-11(3)9-12-6-5-10(2)8-13(12)15(16)17/h5-6,8,11,14H,4,7,9H2,1-3H3. The molecule has 17 heavy (non-hydrogen) atoms. The third-order valence-electron chi connectivity index (χ3n) is 2.71. The summed E-state index contributed by atoms with van der Waals surface area (Å²) in [6, 6.07) is 5.69. The van der Waals surface area contributed by atoms with Crippen LogP contribution in [0.3, 0.4) is 0 Å². The Balaban J connectivity index is 2.79. The van der Waals surface area contributed by atoms with E-state index in [0.29, 0.717) is 6.42 Å². The van der Waals surface area contributed by atoms with Gasteiger partial charge in [-0.3, -0.25) is 10.1 Å². The number of hydrogen-bond donors (Lipinski definition) is 1. The normalized spacial score (nSPS) is 12.4. The highest BCUT2D eigenvalue weighted by Crippen LogP contribution is 2.21. The largest absolute Gasteiger partial charge is 0.314 e. The lowest BCUT2D eigenvalue weighted by Crippen LogP contribution is -2.28. The first-order valence-corrected chi connectivity index (χ1v) is 6.02. The van der Waals surface area contributed by atoms with Gasteiger partial charge >= 0.3 is 0 Å². The molecule has 4 nitrogen and oxygen atoms in total. The van der Waals surface area contributed by atoms with Gasteiger partial charge < -0.3 is 5.32 Å². The molecular weight excluding hydrogens is 216 g/mol. The van der Waals surface area contributed by atoms with Crippen LogP contribution in [0.5, 0.6) is 0 Å². The molecule has 0 aliphatic carbocycles. The molecule has 0 heterocycles. The smallest absolute Gasteiger partial charge is 0.272 e. The van der Waals surface area contributed by atoms with Crippen molar-refractivity contribution in [2.75, 3.05) is 6.54 Å². The molecule has 0 saturated carbocycles. The maximum Gasteiger partial charge on any atom is 0.272 e. The van der Waals surface area contributed by atoms with E-state index in [-0.39, 0.29) is 16.7 Å². The highest BCUT2D eigenvalue weighted by molar-refractivity contribution is 5.43. The van der Waals surface area contributed by atoms with Gasteiger partial charge in [0.15, 0.2) is 0 Å². The van der Waals surface area contributed by atoms with Crippen molar-refractivity contribution < 1.29 is 4.92 Å². The van der Waals surface area contributed by atoms with Gasteiger partial charge in [0.25, 0.3) is 5.69 Å². The molecule has 0 aliphatic heterocycles. The Labute approximate surface area is 102 Å². The zero-order chi connectivity index (χ0) is 12.8. The minimum absolute atomic E-state index is 0.232. The van der Waals surface area contributed by atoms with E-state index < -0.39 is 0 Å². The third kappa shape index (κ3) is 4.15. The Morgan fingerprint density at radius 2 is 2.18 bits per heavy atom. The van der Waals surface area contributed by atoms with E-state index in [1.807, 2.05) is 19.1 Å². The van der Waals surface area contributed by atoms with Crippen LogP contribution in [-0.4, -0.2) is 17.5 Å². The molecular formula is C13H20N2O2. The molecule has 0 amide bonds. The zero-order valence-corrected chi connectivity index (χ0v) is 10.7. The Hall–Kier alpha value is -1.42. The fourth-order valence-corrected chi connectivity index (χ4v) is 1.81. The first-order chi connectivity index (χ1) is 8.04. The molecule has 0 saturated heterocycles. The number of nitrogens with one attached hydrogen (secondary N) is 1. The van der Waals surface area contributed by atoms with E-state index in [9.17, 15) is 10.1 Å². The van der Waals surface area contributed by atoms with Gasteiger partial charge in [0.05, 0.1) is 4.92 Å². The van der Waals surface area contributed by atoms with E-state index in [1.165, 1.54) is 0 Å². The summed E-state index contributed by atoms with van der Waals surface area (Å²) in [5.74, 6) is 0. The maximum absolute atomic E-state index is 11.0. The van der Waals surface area contributed by atoms with E-state index >= 15 is 0 Å². The minimum atomic E-state index is -0.297. The van der Waals surface area contributed by atoms with Crippen molar-refractivity contribution in [1.29, 1.82) is 0 Å². The van der Waals surface area contributed by atoms with Crippen LogP contribution in [0.15, 0.2) is 18.2 Å². The van der Waals surface area contributed by atoms with Crippen molar-refractivity contribution in [3.05, 3.63) is 39.4 Å². The lowest BCUT2D eigenvalue weighted by Gasteiger charge is -2.13. The molecule has 4 heteroatoms. The van der Waals surface area contributed by atoms with Crippen LogP contribution < -0.4 is 5.32 Å².